The molecular formula is C15H17N3O2. The minimum absolute atomic E-state index is 0.381. The van der Waals surface area contributed by atoms with E-state index in [2.05, 4.69) is 10.3 Å². The van der Waals surface area contributed by atoms with Gasteiger partial charge >= 0.3 is 0 Å². The second-order valence-corrected chi connectivity index (χ2v) is 4.44. The maximum absolute atomic E-state index is 11.3. The first-order valence-electron chi connectivity index (χ1n) is 6.23. The van der Waals surface area contributed by atoms with Gasteiger partial charge in [-0.05, 0) is 30.2 Å². The molecule has 0 saturated carbocycles. The molecule has 0 aliphatic carbocycles. The molecule has 0 saturated heterocycles. The molecule has 0 unspecified atom stereocenters. The van der Waals surface area contributed by atoms with Gasteiger partial charge in [0.05, 0.1) is 18.4 Å². The molecule has 1 aromatic carbocycles. The number of ether oxygens (including phenoxy) is 1. The van der Waals surface area contributed by atoms with E-state index in [9.17, 15) is 4.79 Å². The second kappa shape index (κ2) is 6.06. The third-order valence-electron chi connectivity index (χ3n) is 3.04. The van der Waals surface area contributed by atoms with Gasteiger partial charge in [0.15, 0.2) is 0 Å². The van der Waals surface area contributed by atoms with Crippen LogP contribution in [0.1, 0.15) is 21.5 Å². The smallest absolute Gasteiger partial charge is 0.252 e. The van der Waals surface area contributed by atoms with Crippen LogP contribution in [0.4, 0.5) is 5.69 Å². The van der Waals surface area contributed by atoms with E-state index in [4.69, 9.17) is 10.5 Å². The monoisotopic (exact) mass is 271 g/mol. The summed E-state index contributed by atoms with van der Waals surface area (Å²) < 4.78 is 5.29. The number of carbonyl (C=O) groups excluding carboxylic acids is 1. The number of hydrogen-bond acceptors (Lipinski definition) is 4. The van der Waals surface area contributed by atoms with Crippen LogP contribution in [0.2, 0.25) is 0 Å². The first-order valence-corrected chi connectivity index (χ1v) is 6.23. The Labute approximate surface area is 117 Å². The molecule has 5 heteroatoms. The summed E-state index contributed by atoms with van der Waals surface area (Å²) in [6, 6.07) is 7.70. The van der Waals surface area contributed by atoms with Crippen molar-refractivity contribution in [2.24, 2.45) is 5.73 Å². The Balaban J connectivity index is 2.15. The highest BCUT2D eigenvalue weighted by atomic mass is 16.5. The Morgan fingerprint density at radius 3 is 2.90 bits per heavy atom. The fourth-order valence-corrected chi connectivity index (χ4v) is 1.92. The van der Waals surface area contributed by atoms with Crippen molar-refractivity contribution < 1.29 is 9.53 Å². The standard InChI is InChI=1S/C15H17N3O2/c1-10-3-4-11(7-14(10)20-2)8-18-13-5-6-17-9-12(13)15(16)19/h3-7,9H,8H2,1-2H3,(H2,16,19)(H,17,18). The van der Waals surface area contributed by atoms with Crippen LogP contribution >= 0.6 is 0 Å². The number of nitrogens with two attached hydrogens (primary N) is 1. The quantitative estimate of drug-likeness (QED) is 0.873. The minimum Gasteiger partial charge on any atom is -0.496 e. The maximum atomic E-state index is 11.3. The van der Waals surface area contributed by atoms with E-state index in [1.807, 2.05) is 25.1 Å². The Kier molecular flexibility index (Phi) is 4.20. The van der Waals surface area contributed by atoms with Gasteiger partial charge < -0.3 is 15.8 Å². The molecule has 0 aliphatic rings. The van der Waals surface area contributed by atoms with Crippen molar-refractivity contribution in [1.82, 2.24) is 4.98 Å². The molecule has 1 aromatic heterocycles. The number of hydrogen-bond donors (Lipinski definition) is 2. The Bertz CT molecular complexity index is 626. The van der Waals surface area contributed by atoms with Gasteiger partial charge in [-0.1, -0.05) is 12.1 Å². The van der Waals surface area contributed by atoms with Gasteiger partial charge in [-0.15, -0.1) is 0 Å². The Morgan fingerprint density at radius 2 is 2.20 bits per heavy atom. The SMILES string of the molecule is COc1cc(CNc2ccncc2C(N)=O)ccc1C. The van der Waals surface area contributed by atoms with Gasteiger partial charge in [0, 0.05) is 18.9 Å². The molecule has 1 heterocycles. The molecule has 20 heavy (non-hydrogen) atoms. The molecule has 0 spiro atoms. The van der Waals surface area contributed by atoms with Crippen molar-refractivity contribution in [3.05, 3.63) is 53.3 Å². The first kappa shape index (κ1) is 13.9. The number of benzene rings is 1. The van der Waals surface area contributed by atoms with Gasteiger partial charge in [-0.3, -0.25) is 9.78 Å². The number of carbonyl (C=O) groups is 1. The maximum Gasteiger partial charge on any atom is 0.252 e. The number of anilines is 1. The van der Waals surface area contributed by atoms with Crippen LogP contribution in [0, 0.1) is 6.92 Å². The van der Waals surface area contributed by atoms with E-state index in [-0.39, 0.29) is 0 Å². The number of nitrogens with zero attached hydrogens (tertiary/aromatic N) is 1. The third kappa shape index (κ3) is 3.06. The summed E-state index contributed by atoms with van der Waals surface area (Å²) >= 11 is 0. The van der Waals surface area contributed by atoms with Crippen molar-refractivity contribution in [2.75, 3.05) is 12.4 Å². The molecule has 0 atom stereocenters. The van der Waals surface area contributed by atoms with Gasteiger partial charge in [-0.25, -0.2) is 0 Å². The van der Waals surface area contributed by atoms with Crippen LogP contribution in [-0.4, -0.2) is 18.0 Å². The lowest BCUT2D eigenvalue weighted by Crippen LogP contribution is -2.14. The van der Waals surface area contributed by atoms with E-state index in [1.165, 1.54) is 6.20 Å². The molecule has 2 aromatic rings. The highest BCUT2D eigenvalue weighted by Gasteiger charge is 2.08. The van der Waals surface area contributed by atoms with Gasteiger partial charge in [-0.2, -0.15) is 0 Å². The third-order valence-corrected chi connectivity index (χ3v) is 3.04. The predicted molar refractivity (Wildman–Crippen MR) is 77.8 cm³/mol. The van der Waals surface area contributed by atoms with Crippen LogP contribution in [0.3, 0.4) is 0 Å². The van der Waals surface area contributed by atoms with Gasteiger partial charge in [0.2, 0.25) is 0 Å². The lowest BCUT2D eigenvalue weighted by Gasteiger charge is -2.11. The Morgan fingerprint density at radius 1 is 1.40 bits per heavy atom. The van der Waals surface area contributed by atoms with Crippen LogP contribution in [-0.2, 0) is 6.54 Å². The van der Waals surface area contributed by atoms with Crippen LogP contribution in [0.15, 0.2) is 36.7 Å². The summed E-state index contributed by atoms with van der Waals surface area (Å²) in [4.78, 5) is 15.2. The highest BCUT2D eigenvalue weighted by molar-refractivity contribution is 5.98. The number of primary amides is 1. The molecule has 2 rings (SSSR count). The lowest BCUT2D eigenvalue weighted by atomic mass is 10.1. The number of pyridine rings is 1. The van der Waals surface area contributed by atoms with Gasteiger partial charge in [0.25, 0.3) is 5.91 Å². The van der Waals surface area contributed by atoms with Crippen molar-refractivity contribution in [3.63, 3.8) is 0 Å². The van der Waals surface area contributed by atoms with E-state index >= 15 is 0 Å². The molecular weight excluding hydrogens is 254 g/mol. The molecule has 104 valence electrons. The van der Waals surface area contributed by atoms with Crippen LogP contribution < -0.4 is 15.8 Å². The topological polar surface area (TPSA) is 77.2 Å². The number of methoxy groups -OCH3 is 1. The van der Waals surface area contributed by atoms with E-state index in [0.29, 0.717) is 17.8 Å². The second-order valence-electron chi connectivity index (χ2n) is 4.44. The summed E-state index contributed by atoms with van der Waals surface area (Å²) in [5.74, 6) is 0.344. The summed E-state index contributed by atoms with van der Waals surface area (Å²) in [6.45, 7) is 2.56. The van der Waals surface area contributed by atoms with E-state index < -0.39 is 5.91 Å². The normalized spacial score (nSPS) is 10.1. The minimum atomic E-state index is -0.498. The number of rotatable bonds is 5. The summed E-state index contributed by atoms with van der Waals surface area (Å²) in [6.07, 6.45) is 3.07. The average Bonchev–Trinajstić information content (AvgIpc) is 2.46. The molecule has 3 N–H and O–H groups in total. The fraction of sp³-hybridized carbons (Fsp3) is 0.200. The van der Waals surface area contributed by atoms with E-state index in [0.717, 1.165) is 16.9 Å². The zero-order valence-electron chi connectivity index (χ0n) is 11.5. The first-order chi connectivity index (χ1) is 9.61. The molecule has 1 amide bonds. The van der Waals surface area contributed by atoms with Crippen molar-refractivity contribution in [3.8, 4) is 5.75 Å². The number of aromatic nitrogens is 1. The number of amides is 1. The lowest BCUT2D eigenvalue weighted by molar-refractivity contribution is 0.100. The predicted octanol–water partition coefficient (Wildman–Crippen LogP) is 2.11. The molecule has 5 nitrogen and oxygen atoms in total. The molecule has 0 radical (unpaired) electrons. The zero-order valence-corrected chi connectivity index (χ0v) is 11.5. The van der Waals surface area contributed by atoms with Crippen molar-refractivity contribution in [2.45, 2.75) is 13.5 Å². The van der Waals surface area contributed by atoms with E-state index in [1.54, 1.807) is 19.4 Å². The van der Waals surface area contributed by atoms with Crippen molar-refractivity contribution >= 4 is 11.6 Å². The largest absolute Gasteiger partial charge is 0.496 e. The number of aryl methyl sites for hydroxylation is 1. The number of nitrogens with one attached hydrogen (secondary N) is 1. The Hall–Kier alpha value is -2.56. The summed E-state index contributed by atoms with van der Waals surface area (Å²) in [5, 5.41) is 3.19. The molecule has 0 bridgehead atoms. The summed E-state index contributed by atoms with van der Waals surface area (Å²) in [7, 11) is 1.65. The fourth-order valence-electron chi connectivity index (χ4n) is 1.92. The van der Waals surface area contributed by atoms with Crippen molar-refractivity contribution in [1.29, 1.82) is 0 Å². The van der Waals surface area contributed by atoms with Crippen LogP contribution in [0.25, 0.3) is 0 Å². The zero-order chi connectivity index (χ0) is 14.5. The molecule has 0 fully saturated rings. The van der Waals surface area contributed by atoms with Crippen LogP contribution in [0.5, 0.6) is 5.75 Å². The summed E-state index contributed by atoms with van der Waals surface area (Å²) in [5.41, 5.74) is 8.50. The average molecular weight is 271 g/mol. The highest BCUT2D eigenvalue weighted by Crippen LogP contribution is 2.20. The molecule has 0 aliphatic heterocycles. The van der Waals surface area contributed by atoms with Gasteiger partial charge in [0.1, 0.15) is 5.75 Å².